The fourth-order valence-electron chi connectivity index (χ4n) is 1.92. The van der Waals surface area contributed by atoms with Gasteiger partial charge in [-0.2, -0.15) is 0 Å². The summed E-state index contributed by atoms with van der Waals surface area (Å²) >= 11 is 1.80. The first kappa shape index (κ1) is 11.3. The van der Waals surface area contributed by atoms with E-state index in [1.807, 2.05) is 0 Å². The summed E-state index contributed by atoms with van der Waals surface area (Å²) in [7, 11) is 0. The second-order valence-electron chi connectivity index (χ2n) is 3.91. The van der Waals surface area contributed by atoms with Crippen LogP contribution in [-0.2, 0) is 10.5 Å². The van der Waals surface area contributed by atoms with Gasteiger partial charge in [-0.3, -0.25) is 4.79 Å². The van der Waals surface area contributed by atoms with Crippen molar-refractivity contribution in [2.24, 2.45) is 0 Å². The van der Waals surface area contributed by atoms with E-state index in [1.165, 1.54) is 0 Å². The Hall–Kier alpha value is -1.17. The normalized spacial score (nSPS) is 18.6. The van der Waals surface area contributed by atoms with Crippen LogP contribution >= 0.6 is 11.8 Å². The third-order valence-electron chi connectivity index (χ3n) is 2.70. The first-order valence-electron chi connectivity index (χ1n) is 5.31. The van der Waals surface area contributed by atoms with Crippen LogP contribution in [0.25, 0.3) is 0 Å². The highest BCUT2D eigenvalue weighted by atomic mass is 32.2. The Morgan fingerprint density at radius 2 is 2.25 bits per heavy atom. The molecule has 5 nitrogen and oxygen atoms in total. The first-order chi connectivity index (χ1) is 7.66. The maximum Gasteiger partial charge on any atom is 0.323 e. The molecule has 88 valence electrons. The number of hydrogen-bond acceptors (Lipinski definition) is 3. The molecule has 3 N–H and O–H groups in total. The van der Waals surface area contributed by atoms with Crippen molar-refractivity contribution in [2.75, 3.05) is 0 Å². The van der Waals surface area contributed by atoms with Gasteiger partial charge in [0.15, 0.2) is 0 Å². The number of aromatic nitrogens is 2. The van der Waals surface area contributed by atoms with Crippen LogP contribution in [0.5, 0.6) is 0 Å². The summed E-state index contributed by atoms with van der Waals surface area (Å²) in [6, 6.07) is 0. The molecule has 1 aromatic rings. The lowest BCUT2D eigenvalue weighted by Gasteiger charge is -2.07. The van der Waals surface area contributed by atoms with E-state index in [2.05, 4.69) is 9.97 Å². The zero-order valence-electron chi connectivity index (χ0n) is 8.78. The van der Waals surface area contributed by atoms with Gasteiger partial charge in [0, 0.05) is 23.1 Å². The maximum atomic E-state index is 11.1. The summed E-state index contributed by atoms with van der Waals surface area (Å²) in [6.45, 7) is 0. The average Bonchev–Trinajstić information content (AvgIpc) is 2.72. The summed E-state index contributed by atoms with van der Waals surface area (Å²) < 4.78 is 0. The van der Waals surface area contributed by atoms with Gasteiger partial charge in [0.1, 0.15) is 0 Å². The van der Waals surface area contributed by atoms with Gasteiger partial charge >= 0.3 is 11.7 Å². The monoisotopic (exact) mass is 242 g/mol. The number of thioether (sulfide) groups is 1. The standard InChI is InChI=1S/C10H14N2O3S/c13-8(14)4-2-1-3-7-9-6(5-16-7)11-10(15)12-9/h7H,1-5H2,(H,13,14)(H2,11,12,15)/t7-/m0/s1. The van der Waals surface area contributed by atoms with Crippen molar-refractivity contribution in [2.45, 2.75) is 36.7 Å². The highest BCUT2D eigenvalue weighted by molar-refractivity contribution is 7.99. The molecule has 1 aliphatic heterocycles. The van der Waals surface area contributed by atoms with Gasteiger partial charge in [0.05, 0.1) is 5.69 Å². The van der Waals surface area contributed by atoms with Crippen LogP contribution in [-0.4, -0.2) is 21.0 Å². The van der Waals surface area contributed by atoms with Crippen molar-refractivity contribution in [1.29, 1.82) is 0 Å². The molecule has 0 saturated carbocycles. The second-order valence-corrected chi connectivity index (χ2v) is 5.10. The molecule has 1 aliphatic rings. The van der Waals surface area contributed by atoms with E-state index < -0.39 is 5.97 Å². The molecule has 0 fully saturated rings. The van der Waals surface area contributed by atoms with E-state index in [4.69, 9.17) is 5.11 Å². The second kappa shape index (κ2) is 4.78. The number of carbonyl (C=O) groups is 1. The molecule has 0 amide bonds. The molecule has 2 heterocycles. The third kappa shape index (κ3) is 2.49. The van der Waals surface area contributed by atoms with E-state index in [-0.39, 0.29) is 12.1 Å². The van der Waals surface area contributed by atoms with E-state index in [0.717, 1.165) is 30.0 Å². The number of H-pyrrole nitrogens is 2. The fraction of sp³-hybridized carbons (Fsp3) is 0.600. The summed E-state index contributed by atoms with van der Waals surface area (Å²) in [5.41, 5.74) is 1.87. The number of rotatable bonds is 5. The number of hydrogen-bond donors (Lipinski definition) is 3. The van der Waals surface area contributed by atoms with Gasteiger partial charge in [-0.05, 0) is 12.8 Å². The smallest absolute Gasteiger partial charge is 0.323 e. The molecule has 1 atom stereocenters. The van der Waals surface area contributed by atoms with E-state index in [0.29, 0.717) is 11.7 Å². The van der Waals surface area contributed by atoms with E-state index in [1.54, 1.807) is 11.8 Å². The number of carboxylic acid groups (broad SMARTS) is 1. The Labute approximate surface area is 96.6 Å². The van der Waals surface area contributed by atoms with Crippen LogP contribution in [0.1, 0.15) is 42.3 Å². The molecule has 16 heavy (non-hydrogen) atoms. The van der Waals surface area contributed by atoms with Crippen molar-refractivity contribution in [1.82, 2.24) is 9.97 Å². The highest BCUT2D eigenvalue weighted by Gasteiger charge is 2.25. The fourth-order valence-corrected chi connectivity index (χ4v) is 3.22. The summed E-state index contributed by atoms with van der Waals surface area (Å²) in [5.74, 6) is 0.104. The summed E-state index contributed by atoms with van der Waals surface area (Å²) in [6.07, 6.45) is 2.75. The number of aromatic amines is 2. The molecule has 0 bridgehead atoms. The Morgan fingerprint density at radius 3 is 3.00 bits per heavy atom. The SMILES string of the molecule is O=C(O)CCCC[C@@H]1SCc2[nH]c(=O)[nH]c21. The number of fused-ring (bicyclic) bond motifs is 1. The van der Waals surface area contributed by atoms with Crippen LogP contribution in [0.15, 0.2) is 4.79 Å². The van der Waals surface area contributed by atoms with Crippen molar-refractivity contribution in [3.05, 3.63) is 21.9 Å². The van der Waals surface area contributed by atoms with Gasteiger partial charge in [-0.15, -0.1) is 11.8 Å². The Balaban J connectivity index is 1.84. The quantitative estimate of drug-likeness (QED) is 0.685. The van der Waals surface area contributed by atoms with Gasteiger partial charge < -0.3 is 15.1 Å². The lowest BCUT2D eigenvalue weighted by atomic mass is 10.1. The lowest BCUT2D eigenvalue weighted by Crippen LogP contribution is -2.03. The van der Waals surface area contributed by atoms with E-state index >= 15 is 0 Å². The molecular formula is C10H14N2O3S. The third-order valence-corrected chi connectivity index (χ3v) is 4.02. The van der Waals surface area contributed by atoms with Crippen LogP contribution in [0.2, 0.25) is 0 Å². The minimum absolute atomic E-state index is 0.138. The minimum atomic E-state index is -0.741. The zero-order valence-corrected chi connectivity index (χ0v) is 9.60. The molecule has 0 unspecified atom stereocenters. The van der Waals surface area contributed by atoms with Crippen LogP contribution in [0.4, 0.5) is 0 Å². The molecule has 0 aliphatic carbocycles. The van der Waals surface area contributed by atoms with Crippen LogP contribution < -0.4 is 5.69 Å². The topological polar surface area (TPSA) is 85.9 Å². The highest BCUT2D eigenvalue weighted by Crippen LogP contribution is 2.42. The van der Waals surface area contributed by atoms with Crippen molar-refractivity contribution < 1.29 is 9.90 Å². The maximum absolute atomic E-state index is 11.1. The summed E-state index contributed by atoms with van der Waals surface area (Å²) in [5, 5.41) is 8.83. The number of aliphatic carboxylic acids is 1. The average molecular weight is 242 g/mol. The Kier molecular flexibility index (Phi) is 3.38. The Bertz CT molecular complexity index is 438. The first-order valence-corrected chi connectivity index (χ1v) is 6.36. The van der Waals surface area contributed by atoms with Crippen molar-refractivity contribution in [3.8, 4) is 0 Å². The Morgan fingerprint density at radius 1 is 1.44 bits per heavy atom. The number of unbranched alkanes of at least 4 members (excludes halogenated alkanes) is 1. The molecule has 6 heteroatoms. The molecule has 0 saturated heterocycles. The van der Waals surface area contributed by atoms with Crippen molar-refractivity contribution >= 4 is 17.7 Å². The molecular weight excluding hydrogens is 228 g/mol. The van der Waals surface area contributed by atoms with Gasteiger partial charge in [-0.25, -0.2) is 4.79 Å². The van der Waals surface area contributed by atoms with Crippen LogP contribution in [0.3, 0.4) is 0 Å². The number of imidazole rings is 1. The van der Waals surface area contributed by atoms with E-state index in [9.17, 15) is 9.59 Å². The van der Waals surface area contributed by atoms with Gasteiger partial charge in [0.25, 0.3) is 0 Å². The van der Waals surface area contributed by atoms with Crippen molar-refractivity contribution in [3.63, 3.8) is 0 Å². The molecule has 0 radical (unpaired) electrons. The molecule has 1 aromatic heterocycles. The number of nitrogens with one attached hydrogen (secondary N) is 2. The van der Waals surface area contributed by atoms with Gasteiger partial charge in [0.2, 0.25) is 0 Å². The largest absolute Gasteiger partial charge is 0.481 e. The molecule has 2 rings (SSSR count). The predicted octanol–water partition coefficient (Wildman–Crippen LogP) is 1.64. The minimum Gasteiger partial charge on any atom is -0.481 e. The number of carboxylic acids is 1. The summed E-state index contributed by atoms with van der Waals surface area (Å²) in [4.78, 5) is 27.0. The molecule has 0 spiro atoms. The zero-order chi connectivity index (χ0) is 11.5. The predicted molar refractivity (Wildman–Crippen MR) is 61.6 cm³/mol. The van der Waals surface area contributed by atoms with Gasteiger partial charge in [-0.1, -0.05) is 6.42 Å². The lowest BCUT2D eigenvalue weighted by molar-refractivity contribution is -0.137. The molecule has 0 aromatic carbocycles. The van der Waals surface area contributed by atoms with Crippen LogP contribution in [0, 0.1) is 0 Å².